The number of tetrazole rings is 1. The van der Waals surface area contributed by atoms with Gasteiger partial charge < -0.3 is 10.6 Å². The third kappa shape index (κ3) is 4.90. The van der Waals surface area contributed by atoms with Crippen molar-refractivity contribution in [1.29, 1.82) is 0 Å². The number of aromatic amines is 1. The molecule has 1 aromatic heterocycles. The number of rotatable bonds is 8. The van der Waals surface area contributed by atoms with Crippen LogP contribution < -0.4 is 10.6 Å². The highest BCUT2D eigenvalue weighted by molar-refractivity contribution is 5.76. The van der Waals surface area contributed by atoms with E-state index < -0.39 is 0 Å². The molecule has 7 heteroatoms. The summed E-state index contributed by atoms with van der Waals surface area (Å²) in [6, 6.07) is -0.138. The molecule has 1 atom stereocenters. The lowest BCUT2D eigenvalue weighted by molar-refractivity contribution is -0.122. The first-order valence-electron chi connectivity index (χ1n) is 5.95. The second kappa shape index (κ2) is 7.72. The van der Waals surface area contributed by atoms with Crippen molar-refractivity contribution in [2.24, 2.45) is 0 Å². The van der Waals surface area contributed by atoms with Crippen molar-refractivity contribution in [1.82, 2.24) is 31.3 Å². The molecule has 1 amide bonds. The van der Waals surface area contributed by atoms with Crippen molar-refractivity contribution in [3.63, 3.8) is 0 Å². The fourth-order valence-corrected chi connectivity index (χ4v) is 1.56. The summed E-state index contributed by atoms with van der Waals surface area (Å²) < 4.78 is 0. The molecular weight excluding hydrogens is 220 g/mol. The average Bonchev–Trinajstić information content (AvgIpc) is 2.82. The Bertz CT molecular complexity index is 313. The lowest BCUT2D eigenvalue weighted by Crippen LogP contribution is -2.29. The van der Waals surface area contributed by atoms with Crippen LogP contribution in [0.1, 0.15) is 44.5 Å². The Labute approximate surface area is 101 Å². The Balaban J connectivity index is 2.41. The van der Waals surface area contributed by atoms with Gasteiger partial charge in [0.2, 0.25) is 5.91 Å². The summed E-state index contributed by atoms with van der Waals surface area (Å²) in [6.45, 7) is 2.90. The minimum Gasteiger partial charge on any atom is -0.346 e. The Morgan fingerprint density at radius 2 is 2.35 bits per heavy atom. The molecular formula is C10H20N6O. The smallest absolute Gasteiger partial charge is 0.220 e. The molecule has 7 nitrogen and oxygen atoms in total. The van der Waals surface area contributed by atoms with Crippen LogP contribution in [-0.2, 0) is 4.79 Å². The molecule has 0 saturated carbocycles. The molecule has 17 heavy (non-hydrogen) atoms. The number of nitrogens with zero attached hydrogens (tertiary/aromatic N) is 3. The number of aromatic nitrogens is 4. The van der Waals surface area contributed by atoms with Gasteiger partial charge in [-0.05, 0) is 26.4 Å². The minimum atomic E-state index is -0.138. The van der Waals surface area contributed by atoms with E-state index in [0.717, 1.165) is 25.8 Å². The summed E-state index contributed by atoms with van der Waals surface area (Å²) >= 11 is 0. The normalized spacial score (nSPS) is 12.4. The summed E-state index contributed by atoms with van der Waals surface area (Å²) in [5.41, 5.74) is 0. The molecule has 1 unspecified atom stereocenters. The van der Waals surface area contributed by atoms with Gasteiger partial charge in [-0.1, -0.05) is 18.6 Å². The van der Waals surface area contributed by atoms with Gasteiger partial charge in [0.05, 0.1) is 6.04 Å². The molecule has 0 fully saturated rings. The zero-order chi connectivity index (χ0) is 12.5. The minimum absolute atomic E-state index is 0.0310. The van der Waals surface area contributed by atoms with Gasteiger partial charge in [0, 0.05) is 6.42 Å². The fraction of sp³-hybridized carbons (Fsp3) is 0.800. The van der Waals surface area contributed by atoms with Crippen LogP contribution in [0.15, 0.2) is 0 Å². The van der Waals surface area contributed by atoms with Crippen LogP contribution in [0.25, 0.3) is 0 Å². The molecule has 0 aliphatic rings. The lowest BCUT2D eigenvalue weighted by atomic mass is 10.1. The standard InChI is InChI=1S/C10H20N6O/c1-3-5-8(10-13-15-16-14-10)12-9(17)6-4-7-11-2/h8,11H,3-7H2,1-2H3,(H,12,17)(H,13,14,15,16). The van der Waals surface area contributed by atoms with Gasteiger partial charge in [-0.3, -0.25) is 4.79 Å². The molecule has 96 valence electrons. The van der Waals surface area contributed by atoms with Crippen LogP contribution in [0.4, 0.5) is 0 Å². The van der Waals surface area contributed by atoms with Gasteiger partial charge in [-0.2, -0.15) is 5.21 Å². The number of amides is 1. The van der Waals surface area contributed by atoms with E-state index in [0.29, 0.717) is 12.2 Å². The molecule has 0 aromatic carbocycles. The van der Waals surface area contributed by atoms with Crippen LogP contribution in [0, 0.1) is 0 Å². The largest absolute Gasteiger partial charge is 0.346 e. The maximum atomic E-state index is 11.7. The molecule has 0 spiro atoms. The van der Waals surface area contributed by atoms with Crippen LogP contribution in [0.5, 0.6) is 0 Å². The molecule has 0 aliphatic carbocycles. The van der Waals surface area contributed by atoms with Gasteiger partial charge in [0.1, 0.15) is 0 Å². The first-order valence-corrected chi connectivity index (χ1v) is 5.95. The van der Waals surface area contributed by atoms with E-state index in [1.807, 2.05) is 7.05 Å². The second-order valence-corrected chi connectivity index (χ2v) is 3.89. The van der Waals surface area contributed by atoms with Crippen molar-refractivity contribution in [2.45, 2.75) is 38.6 Å². The second-order valence-electron chi connectivity index (χ2n) is 3.89. The van der Waals surface area contributed by atoms with Crippen LogP contribution >= 0.6 is 0 Å². The summed E-state index contributed by atoms with van der Waals surface area (Å²) in [5.74, 6) is 0.581. The maximum Gasteiger partial charge on any atom is 0.220 e. The van der Waals surface area contributed by atoms with Crippen molar-refractivity contribution >= 4 is 5.91 Å². The molecule has 1 rings (SSSR count). The van der Waals surface area contributed by atoms with Gasteiger partial charge in [-0.25, -0.2) is 0 Å². The molecule has 0 saturated heterocycles. The number of nitrogens with one attached hydrogen (secondary N) is 3. The monoisotopic (exact) mass is 240 g/mol. The van der Waals surface area contributed by atoms with Crippen LogP contribution in [-0.4, -0.2) is 40.1 Å². The average molecular weight is 240 g/mol. The number of hydrogen-bond acceptors (Lipinski definition) is 5. The highest BCUT2D eigenvalue weighted by Gasteiger charge is 2.17. The highest BCUT2D eigenvalue weighted by atomic mass is 16.1. The Morgan fingerprint density at radius 1 is 1.53 bits per heavy atom. The fourth-order valence-electron chi connectivity index (χ4n) is 1.56. The van der Waals surface area contributed by atoms with Crippen molar-refractivity contribution in [3.8, 4) is 0 Å². The van der Waals surface area contributed by atoms with E-state index in [1.165, 1.54) is 0 Å². The van der Waals surface area contributed by atoms with Gasteiger partial charge in [-0.15, -0.1) is 10.2 Å². The molecule has 1 aromatic rings. The number of carbonyl (C=O) groups excluding carboxylic acids is 1. The van der Waals surface area contributed by atoms with Crippen LogP contribution in [0.2, 0.25) is 0 Å². The third-order valence-corrected chi connectivity index (χ3v) is 2.42. The van der Waals surface area contributed by atoms with Gasteiger partial charge in [0.15, 0.2) is 5.82 Å². The maximum absolute atomic E-state index is 11.7. The molecule has 3 N–H and O–H groups in total. The molecule has 0 bridgehead atoms. The summed E-state index contributed by atoms with van der Waals surface area (Å²) in [5, 5.41) is 19.7. The predicted molar refractivity (Wildman–Crippen MR) is 63.1 cm³/mol. The van der Waals surface area contributed by atoms with Crippen LogP contribution in [0.3, 0.4) is 0 Å². The quantitative estimate of drug-likeness (QED) is 0.562. The van der Waals surface area contributed by atoms with E-state index in [2.05, 4.69) is 38.2 Å². The predicted octanol–water partition coefficient (Wildman–Crippen LogP) is 0.157. The van der Waals surface area contributed by atoms with E-state index >= 15 is 0 Å². The van der Waals surface area contributed by atoms with Gasteiger partial charge in [0.25, 0.3) is 0 Å². The third-order valence-electron chi connectivity index (χ3n) is 2.42. The summed E-state index contributed by atoms with van der Waals surface area (Å²) in [4.78, 5) is 11.7. The summed E-state index contributed by atoms with van der Waals surface area (Å²) in [7, 11) is 1.87. The Hall–Kier alpha value is -1.50. The van der Waals surface area contributed by atoms with E-state index in [9.17, 15) is 4.79 Å². The SMILES string of the molecule is CCCC(NC(=O)CCCNC)c1nn[nH]n1. The Kier molecular flexibility index (Phi) is 6.16. The zero-order valence-electron chi connectivity index (χ0n) is 10.4. The number of hydrogen-bond donors (Lipinski definition) is 3. The molecule has 0 aliphatic heterocycles. The van der Waals surface area contributed by atoms with E-state index in [4.69, 9.17) is 0 Å². The van der Waals surface area contributed by atoms with Crippen molar-refractivity contribution in [2.75, 3.05) is 13.6 Å². The topological polar surface area (TPSA) is 95.6 Å². The van der Waals surface area contributed by atoms with E-state index in [1.54, 1.807) is 0 Å². The first kappa shape index (κ1) is 13.6. The molecule has 0 radical (unpaired) electrons. The number of carbonyl (C=O) groups is 1. The summed E-state index contributed by atoms with van der Waals surface area (Å²) in [6.07, 6.45) is 3.11. The highest BCUT2D eigenvalue weighted by Crippen LogP contribution is 2.13. The number of H-pyrrole nitrogens is 1. The van der Waals surface area contributed by atoms with Crippen molar-refractivity contribution in [3.05, 3.63) is 5.82 Å². The zero-order valence-corrected chi connectivity index (χ0v) is 10.4. The molecule has 1 heterocycles. The van der Waals surface area contributed by atoms with Crippen molar-refractivity contribution < 1.29 is 4.79 Å². The van der Waals surface area contributed by atoms with E-state index in [-0.39, 0.29) is 11.9 Å². The lowest BCUT2D eigenvalue weighted by Gasteiger charge is -2.14. The first-order chi connectivity index (χ1) is 8.27. The Morgan fingerprint density at radius 3 is 2.94 bits per heavy atom. The van der Waals surface area contributed by atoms with Gasteiger partial charge >= 0.3 is 0 Å².